The highest BCUT2D eigenvalue weighted by atomic mass is 35.5. The fourth-order valence-corrected chi connectivity index (χ4v) is 3.45. The third-order valence-corrected chi connectivity index (χ3v) is 4.82. The number of benzene rings is 2. The largest absolute Gasteiger partial charge is 0.478 e. The van der Waals surface area contributed by atoms with Gasteiger partial charge in [-0.1, -0.05) is 54.4 Å². The molecule has 2 nitrogen and oxygen atoms in total. The van der Waals surface area contributed by atoms with Gasteiger partial charge in [-0.15, -0.1) is 0 Å². The number of fused-ring (bicyclic) bond motifs is 1. The minimum absolute atomic E-state index is 0.297. The Bertz CT molecular complexity index is 968. The highest BCUT2D eigenvalue weighted by molar-refractivity contribution is 6.32. The van der Waals surface area contributed by atoms with Crippen LogP contribution >= 0.6 is 11.6 Å². The molecule has 0 atom stereocenters. The third kappa shape index (κ3) is 3.02. The van der Waals surface area contributed by atoms with Gasteiger partial charge in [0.15, 0.2) is 0 Å². The first kappa shape index (κ1) is 16.5. The summed E-state index contributed by atoms with van der Waals surface area (Å²) in [5.41, 5.74) is 4.82. The molecule has 0 saturated carbocycles. The molecule has 0 fully saturated rings. The van der Waals surface area contributed by atoms with Gasteiger partial charge in [-0.05, 0) is 65.1 Å². The predicted molar refractivity (Wildman–Crippen MR) is 98.7 cm³/mol. The number of carboxylic acid groups (broad SMARTS) is 1. The van der Waals surface area contributed by atoms with Crippen molar-refractivity contribution in [1.29, 1.82) is 0 Å². The van der Waals surface area contributed by atoms with Gasteiger partial charge in [-0.2, -0.15) is 0 Å². The molecule has 3 heteroatoms. The molecule has 0 bridgehead atoms. The van der Waals surface area contributed by atoms with Crippen molar-refractivity contribution < 1.29 is 9.90 Å². The van der Waals surface area contributed by atoms with E-state index in [1.165, 1.54) is 5.57 Å². The van der Waals surface area contributed by atoms with Gasteiger partial charge in [0.05, 0.1) is 5.56 Å². The van der Waals surface area contributed by atoms with Crippen LogP contribution in [0.5, 0.6) is 0 Å². The topological polar surface area (TPSA) is 37.3 Å². The summed E-state index contributed by atoms with van der Waals surface area (Å²) in [5.74, 6) is -0.915. The average Bonchev–Trinajstić information content (AvgIpc) is 2.72. The Morgan fingerprint density at radius 1 is 1.17 bits per heavy atom. The van der Waals surface area contributed by atoms with E-state index in [-0.39, 0.29) is 0 Å². The van der Waals surface area contributed by atoms with E-state index in [2.05, 4.69) is 19.9 Å². The fourth-order valence-electron chi connectivity index (χ4n) is 3.20. The number of carbonyl (C=O) groups is 1. The zero-order chi connectivity index (χ0) is 17.3. The van der Waals surface area contributed by atoms with E-state index in [4.69, 9.17) is 11.6 Å². The monoisotopic (exact) mass is 338 g/mol. The van der Waals surface area contributed by atoms with Crippen LogP contribution in [0.2, 0.25) is 5.02 Å². The summed E-state index contributed by atoms with van der Waals surface area (Å²) >= 11 is 6.44. The Labute approximate surface area is 146 Å². The minimum Gasteiger partial charge on any atom is -0.478 e. The molecule has 2 aromatic rings. The Morgan fingerprint density at radius 3 is 2.58 bits per heavy atom. The quantitative estimate of drug-likeness (QED) is 0.913. The number of carboxylic acids is 1. The molecule has 1 N–H and O–H groups in total. The standard InChI is InChI=1S/C21H19ClO2/c1-3-14-10-13(2)16-9-8-15(21(23)24)12-19(16)18(11-14)17-6-4-5-7-20(17)22/h4-10,12H,3,11H2,1-2H3,(H,23,24). The van der Waals surface area contributed by atoms with Gasteiger partial charge in [0, 0.05) is 5.02 Å². The van der Waals surface area contributed by atoms with E-state index in [1.54, 1.807) is 12.1 Å². The number of hydrogen-bond acceptors (Lipinski definition) is 1. The molecule has 0 radical (unpaired) electrons. The molecule has 0 heterocycles. The van der Waals surface area contributed by atoms with Crippen molar-refractivity contribution in [3.05, 3.63) is 80.7 Å². The normalized spacial score (nSPS) is 14.0. The van der Waals surface area contributed by atoms with Crippen LogP contribution in [0.4, 0.5) is 0 Å². The average molecular weight is 339 g/mol. The van der Waals surface area contributed by atoms with Crippen molar-refractivity contribution in [2.45, 2.75) is 26.7 Å². The molecule has 1 aliphatic rings. The van der Waals surface area contributed by atoms with Crippen LogP contribution in [0.25, 0.3) is 11.1 Å². The third-order valence-electron chi connectivity index (χ3n) is 4.49. The van der Waals surface area contributed by atoms with E-state index in [9.17, 15) is 9.90 Å². The Morgan fingerprint density at radius 2 is 1.92 bits per heavy atom. The van der Waals surface area contributed by atoms with Crippen LogP contribution < -0.4 is 10.4 Å². The Kier molecular flexibility index (Phi) is 4.59. The smallest absolute Gasteiger partial charge is 0.335 e. The molecule has 0 aromatic heterocycles. The summed E-state index contributed by atoms with van der Waals surface area (Å²) in [4.78, 5) is 11.4. The van der Waals surface area contributed by atoms with Crippen molar-refractivity contribution in [1.82, 2.24) is 0 Å². The van der Waals surface area contributed by atoms with E-state index in [0.29, 0.717) is 10.6 Å². The molecule has 2 aromatic carbocycles. The SMILES string of the molecule is CCC1=CC(C)=c2ccc(C(=O)O)cc2=C(c2ccccc2Cl)C1. The van der Waals surface area contributed by atoms with E-state index >= 15 is 0 Å². The molecular weight excluding hydrogens is 320 g/mol. The fraction of sp³-hybridized carbons (Fsp3) is 0.190. The number of aromatic carboxylic acids is 1. The van der Waals surface area contributed by atoms with Crippen molar-refractivity contribution in [2.24, 2.45) is 0 Å². The Balaban J connectivity index is 2.45. The minimum atomic E-state index is -0.915. The lowest BCUT2D eigenvalue weighted by Gasteiger charge is -2.11. The summed E-state index contributed by atoms with van der Waals surface area (Å²) in [6, 6.07) is 13.1. The number of rotatable bonds is 3. The summed E-state index contributed by atoms with van der Waals surface area (Å²) in [7, 11) is 0. The molecule has 3 rings (SSSR count). The molecule has 0 aliphatic heterocycles. The molecule has 0 amide bonds. The predicted octanol–water partition coefficient (Wildman–Crippen LogP) is 4.15. The second-order valence-electron chi connectivity index (χ2n) is 6.04. The molecule has 24 heavy (non-hydrogen) atoms. The van der Waals surface area contributed by atoms with Gasteiger partial charge in [-0.25, -0.2) is 4.79 Å². The van der Waals surface area contributed by atoms with Gasteiger partial charge >= 0.3 is 5.97 Å². The maximum Gasteiger partial charge on any atom is 0.335 e. The van der Waals surface area contributed by atoms with Gasteiger partial charge < -0.3 is 5.11 Å². The highest BCUT2D eigenvalue weighted by Crippen LogP contribution is 2.28. The van der Waals surface area contributed by atoms with Crippen molar-refractivity contribution in [3.8, 4) is 0 Å². The van der Waals surface area contributed by atoms with Crippen LogP contribution in [0.1, 0.15) is 42.6 Å². The maximum absolute atomic E-state index is 11.4. The zero-order valence-corrected chi connectivity index (χ0v) is 14.5. The zero-order valence-electron chi connectivity index (χ0n) is 13.8. The number of halogens is 1. The molecule has 0 spiro atoms. The van der Waals surface area contributed by atoms with E-state index in [1.807, 2.05) is 30.3 Å². The summed E-state index contributed by atoms with van der Waals surface area (Å²) in [6.07, 6.45) is 3.93. The molecule has 0 saturated heterocycles. The molecular formula is C21H19ClO2. The summed E-state index contributed by atoms with van der Waals surface area (Å²) in [5, 5.41) is 12.1. The summed E-state index contributed by atoms with van der Waals surface area (Å²) < 4.78 is 0. The van der Waals surface area contributed by atoms with Crippen molar-refractivity contribution >= 4 is 28.7 Å². The van der Waals surface area contributed by atoms with Crippen LogP contribution in [0, 0.1) is 0 Å². The van der Waals surface area contributed by atoms with E-state index < -0.39 is 5.97 Å². The summed E-state index contributed by atoms with van der Waals surface area (Å²) in [6.45, 7) is 4.21. The maximum atomic E-state index is 11.4. The van der Waals surface area contributed by atoms with E-state index in [0.717, 1.165) is 40.0 Å². The number of allylic oxidation sites excluding steroid dienone is 2. The highest BCUT2D eigenvalue weighted by Gasteiger charge is 2.14. The molecule has 122 valence electrons. The van der Waals surface area contributed by atoms with Crippen LogP contribution in [0.3, 0.4) is 0 Å². The first-order valence-electron chi connectivity index (χ1n) is 8.03. The Hall–Kier alpha value is -2.32. The van der Waals surface area contributed by atoms with Crippen LogP contribution in [-0.4, -0.2) is 11.1 Å². The lowest BCUT2D eigenvalue weighted by molar-refractivity contribution is 0.0696. The van der Waals surface area contributed by atoms with Crippen LogP contribution in [-0.2, 0) is 0 Å². The lowest BCUT2D eigenvalue weighted by Crippen LogP contribution is -2.29. The first-order valence-corrected chi connectivity index (χ1v) is 8.41. The van der Waals surface area contributed by atoms with Gasteiger partial charge in [0.25, 0.3) is 0 Å². The van der Waals surface area contributed by atoms with Gasteiger partial charge in [0.2, 0.25) is 0 Å². The van der Waals surface area contributed by atoms with Gasteiger partial charge in [0.1, 0.15) is 0 Å². The second kappa shape index (κ2) is 6.66. The number of hydrogen-bond donors (Lipinski definition) is 1. The first-order chi connectivity index (χ1) is 11.5. The molecule has 1 aliphatic carbocycles. The van der Waals surface area contributed by atoms with Gasteiger partial charge in [-0.3, -0.25) is 0 Å². The van der Waals surface area contributed by atoms with Crippen LogP contribution in [0.15, 0.2) is 54.1 Å². The van der Waals surface area contributed by atoms with Crippen molar-refractivity contribution in [2.75, 3.05) is 0 Å². The second-order valence-corrected chi connectivity index (χ2v) is 6.45. The lowest BCUT2D eigenvalue weighted by atomic mass is 9.95. The van der Waals surface area contributed by atoms with Crippen molar-refractivity contribution in [3.63, 3.8) is 0 Å². The molecule has 0 unspecified atom stereocenters.